The quantitative estimate of drug-likeness (QED) is 0.840. The highest BCUT2D eigenvalue weighted by atomic mass is 19.1. The number of benzene rings is 1. The van der Waals surface area contributed by atoms with E-state index < -0.39 is 18.0 Å². The first-order valence-electron chi connectivity index (χ1n) is 7.09. The van der Waals surface area contributed by atoms with Crippen molar-refractivity contribution in [3.8, 4) is 0 Å². The summed E-state index contributed by atoms with van der Waals surface area (Å²) in [4.78, 5) is 24.0. The maximum absolute atomic E-state index is 13.1. The summed E-state index contributed by atoms with van der Waals surface area (Å²) in [7, 11) is 0. The number of esters is 1. The van der Waals surface area contributed by atoms with Crippen molar-refractivity contribution in [2.45, 2.75) is 26.8 Å². The third-order valence-electron chi connectivity index (χ3n) is 3.24. The average Bonchev–Trinajstić information content (AvgIpc) is 2.44. The van der Waals surface area contributed by atoms with Crippen LogP contribution in [0.4, 0.5) is 9.18 Å². The van der Waals surface area contributed by atoms with Gasteiger partial charge in [0.2, 0.25) is 0 Å². The lowest BCUT2D eigenvalue weighted by Gasteiger charge is -2.28. The second kappa shape index (κ2) is 6.60. The molecule has 0 bridgehead atoms. The fourth-order valence-corrected chi connectivity index (χ4v) is 2.19. The Morgan fingerprint density at radius 1 is 1.32 bits per heavy atom. The summed E-state index contributed by atoms with van der Waals surface area (Å²) >= 11 is 0. The summed E-state index contributed by atoms with van der Waals surface area (Å²) < 4.78 is 18.3. The molecule has 1 aromatic rings. The number of rotatable bonds is 4. The largest absolute Gasteiger partial charge is 0.462 e. The zero-order valence-corrected chi connectivity index (χ0v) is 12.8. The first kappa shape index (κ1) is 16.0. The molecule has 0 radical (unpaired) electrons. The number of carbonyl (C=O) groups excluding carboxylic acids is 2. The monoisotopic (exact) mass is 306 g/mol. The van der Waals surface area contributed by atoms with Crippen LogP contribution in [-0.4, -0.2) is 18.6 Å². The van der Waals surface area contributed by atoms with Crippen molar-refractivity contribution in [1.82, 2.24) is 10.6 Å². The van der Waals surface area contributed by atoms with Crippen LogP contribution >= 0.6 is 0 Å². The van der Waals surface area contributed by atoms with Gasteiger partial charge in [0.25, 0.3) is 0 Å². The Morgan fingerprint density at radius 2 is 1.95 bits per heavy atom. The predicted molar refractivity (Wildman–Crippen MR) is 79.3 cm³/mol. The Kier molecular flexibility index (Phi) is 4.80. The number of amides is 2. The molecule has 0 aromatic heterocycles. The van der Waals surface area contributed by atoms with E-state index in [1.807, 2.05) is 13.8 Å². The van der Waals surface area contributed by atoms with E-state index in [4.69, 9.17) is 4.74 Å². The molecule has 1 heterocycles. The van der Waals surface area contributed by atoms with Gasteiger partial charge in [0.1, 0.15) is 5.82 Å². The second-order valence-electron chi connectivity index (χ2n) is 5.61. The topological polar surface area (TPSA) is 67.4 Å². The van der Waals surface area contributed by atoms with Crippen molar-refractivity contribution in [1.29, 1.82) is 0 Å². The molecule has 0 saturated heterocycles. The second-order valence-corrected chi connectivity index (χ2v) is 5.61. The zero-order valence-electron chi connectivity index (χ0n) is 12.8. The highest BCUT2D eigenvalue weighted by Crippen LogP contribution is 2.27. The minimum atomic E-state index is -0.658. The van der Waals surface area contributed by atoms with Gasteiger partial charge in [-0.05, 0) is 30.5 Å². The van der Waals surface area contributed by atoms with Crippen LogP contribution in [-0.2, 0) is 9.53 Å². The van der Waals surface area contributed by atoms with Gasteiger partial charge < -0.3 is 15.4 Å². The molecule has 5 nitrogen and oxygen atoms in total. The maximum atomic E-state index is 13.1. The van der Waals surface area contributed by atoms with Gasteiger partial charge in [0.05, 0.1) is 18.2 Å². The molecular weight excluding hydrogens is 287 g/mol. The minimum Gasteiger partial charge on any atom is -0.462 e. The number of hydrogen-bond acceptors (Lipinski definition) is 3. The van der Waals surface area contributed by atoms with E-state index >= 15 is 0 Å². The third kappa shape index (κ3) is 3.63. The Labute approximate surface area is 128 Å². The lowest BCUT2D eigenvalue weighted by molar-refractivity contribution is -0.140. The zero-order chi connectivity index (χ0) is 16.3. The molecule has 0 fully saturated rings. The van der Waals surface area contributed by atoms with Crippen LogP contribution in [0.5, 0.6) is 0 Å². The fraction of sp³-hybridized carbons (Fsp3) is 0.375. The van der Waals surface area contributed by atoms with E-state index in [1.165, 1.54) is 24.3 Å². The van der Waals surface area contributed by atoms with E-state index in [9.17, 15) is 14.0 Å². The van der Waals surface area contributed by atoms with Gasteiger partial charge in [0.15, 0.2) is 0 Å². The van der Waals surface area contributed by atoms with Crippen molar-refractivity contribution in [2.75, 3.05) is 6.61 Å². The van der Waals surface area contributed by atoms with Crippen molar-refractivity contribution in [3.05, 3.63) is 46.9 Å². The smallest absolute Gasteiger partial charge is 0.338 e. The van der Waals surface area contributed by atoms with Gasteiger partial charge in [0, 0.05) is 5.70 Å². The highest BCUT2D eigenvalue weighted by Gasteiger charge is 2.32. The third-order valence-corrected chi connectivity index (χ3v) is 3.24. The minimum absolute atomic E-state index is 0.209. The van der Waals surface area contributed by atoms with Crippen molar-refractivity contribution >= 4 is 12.0 Å². The van der Waals surface area contributed by atoms with Gasteiger partial charge in [-0.3, -0.25) is 0 Å². The summed E-state index contributed by atoms with van der Waals surface area (Å²) in [5.41, 5.74) is 1.38. The van der Waals surface area contributed by atoms with E-state index in [2.05, 4.69) is 10.6 Å². The Balaban J connectivity index is 2.32. The summed E-state index contributed by atoms with van der Waals surface area (Å²) in [6, 6.07) is 4.58. The maximum Gasteiger partial charge on any atom is 0.338 e. The van der Waals surface area contributed by atoms with Gasteiger partial charge in [-0.1, -0.05) is 26.0 Å². The number of allylic oxidation sites excluding steroid dienone is 1. The first-order valence-corrected chi connectivity index (χ1v) is 7.09. The van der Waals surface area contributed by atoms with Crippen LogP contribution in [0.3, 0.4) is 0 Å². The normalized spacial score (nSPS) is 18.0. The molecule has 2 N–H and O–H groups in total. The van der Waals surface area contributed by atoms with Gasteiger partial charge in [-0.15, -0.1) is 0 Å². The van der Waals surface area contributed by atoms with E-state index in [-0.39, 0.29) is 11.7 Å². The first-order chi connectivity index (χ1) is 10.4. The average molecular weight is 306 g/mol. The van der Waals surface area contributed by atoms with E-state index in [0.717, 1.165) is 0 Å². The van der Waals surface area contributed by atoms with Gasteiger partial charge in [-0.2, -0.15) is 0 Å². The number of ether oxygens (including phenoxy) is 1. The summed E-state index contributed by atoms with van der Waals surface area (Å²) in [6.45, 7) is 5.81. The molecule has 6 heteroatoms. The fourth-order valence-electron chi connectivity index (χ4n) is 2.19. The number of halogens is 1. The number of hydrogen-bond donors (Lipinski definition) is 2. The van der Waals surface area contributed by atoms with Crippen molar-refractivity contribution in [2.24, 2.45) is 5.92 Å². The molecule has 1 aromatic carbocycles. The number of carbonyl (C=O) groups is 2. The Bertz CT molecular complexity index is 608. The van der Waals surface area contributed by atoms with Crippen LogP contribution in [0.25, 0.3) is 0 Å². The molecule has 22 heavy (non-hydrogen) atoms. The van der Waals surface area contributed by atoms with E-state index in [1.54, 1.807) is 6.92 Å². The lowest BCUT2D eigenvalue weighted by atomic mass is 9.95. The molecule has 1 aliphatic rings. The number of urea groups is 1. The van der Waals surface area contributed by atoms with Crippen LogP contribution in [0.1, 0.15) is 32.4 Å². The van der Waals surface area contributed by atoms with Crippen LogP contribution in [0.2, 0.25) is 0 Å². The van der Waals surface area contributed by atoms with Crippen molar-refractivity contribution < 1.29 is 18.7 Å². The Morgan fingerprint density at radius 3 is 2.55 bits per heavy atom. The van der Waals surface area contributed by atoms with Crippen LogP contribution in [0.15, 0.2) is 35.5 Å². The molecule has 2 rings (SSSR count). The molecule has 0 saturated carbocycles. The molecule has 0 spiro atoms. The molecule has 1 aliphatic heterocycles. The standard InChI is InChI=1S/C16H19FN2O3/c1-9(2)8-22-15(20)13-10(3)18-16(21)19-14(13)11-4-6-12(17)7-5-11/h4-7,9,14H,8H2,1-3H3,(H2,18,19,21)/t14-/m1/s1. The summed E-state index contributed by atoms with van der Waals surface area (Å²) in [5, 5.41) is 5.23. The molecule has 0 aliphatic carbocycles. The van der Waals surface area contributed by atoms with Crippen LogP contribution in [0, 0.1) is 11.7 Å². The van der Waals surface area contributed by atoms with Crippen LogP contribution < -0.4 is 10.6 Å². The molecule has 118 valence electrons. The molecule has 1 atom stereocenters. The van der Waals surface area contributed by atoms with Crippen molar-refractivity contribution in [3.63, 3.8) is 0 Å². The SMILES string of the molecule is CC1=C(C(=O)OCC(C)C)[C@@H](c2ccc(F)cc2)NC(=O)N1. The molecule has 2 amide bonds. The predicted octanol–water partition coefficient (Wildman–Crippen LogP) is 2.65. The number of nitrogens with one attached hydrogen (secondary N) is 2. The lowest BCUT2D eigenvalue weighted by Crippen LogP contribution is -2.45. The summed E-state index contributed by atoms with van der Waals surface area (Å²) in [5.74, 6) is -0.665. The van der Waals surface area contributed by atoms with E-state index in [0.29, 0.717) is 23.4 Å². The molecule has 0 unspecified atom stereocenters. The highest BCUT2D eigenvalue weighted by molar-refractivity contribution is 5.95. The Hall–Kier alpha value is -2.37. The van der Waals surface area contributed by atoms with Gasteiger partial charge >= 0.3 is 12.0 Å². The van der Waals surface area contributed by atoms with Gasteiger partial charge in [-0.25, -0.2) is 14.0 Å². The molecular formula is C16H19FN2O3. The summed E-state index contributed by atoms with van der Waals surface area (Å²) in [6.07, 6.45) is 0.